The van der Waals surface area contributed by atoms with Crippen LogP contribution in [0.5, 0.6) is 0 Å². The molecule has 1 aromatic carbocycles. The fourth-order valence-corrected chi connectivity index (χ4v) is 2.23. The number of nitrogens with zero attached hydrogens (tertiary/aromatic N) is 1. The van der Waals surface area contributed by atoms with Gasteiger partial charge in [0, 0.05) is 25.2 Å². The Morgan fingerprint density at radius 1 is 1.50 bits per heavy atom. The minimum atomic E-state index is -0.729. The van der Waals surface area contributed by atoms with Gasteiger partial charge in [0.2, 0.25) is 0 Å². The molecule has 2 rings (SSSR count). The Kier molecular flexibility index (Phi) is 3.13. The van der Waals surface area contributed by atoms with Crippen molar-refractivity contribution >= 4 is 11.7 Å². The molecule has 0 atom stereocenters. The van der Waals surface area contributed by atoms with E-state index in [-0.39, 0.29) is 6.42 Å². The van der Waals surface area contributed by atoms with Crippen molar-refractivity contribution in [2.45, 2.75) is 26.2 Å². The number of aryl methyl sites for hydroxylation is 1. The molecule has 3 heteroatoms. The highest BCUT2D eigenvalue weighted by Gasteiger charge is 2.17. The zero-order valence-electron chi connectivity index (χ0n) is 9.57. The fourth-order valence-electron chi connectivity index (χ4n) is 2.23. The number of carbonyl (C=O) groups is 1. The predicted molar refractivity (Wildman–Crippen MR) is 64.0 cm³/mol. The van der Waals surface area contributed by atoms with Gasteiger partial charge in [-0.15, -0.1) is 0 Å². The van der Waals surface area contributed by atoms with E-state index in [2.05, 4.69) is 30.0 Å². The fraction of sp³-hybridized carbons (Fsp3) is 0.462. The van der Waals surface area contributed by atoms with E-state index >= 15 is 0 Å². The molecule has 0 spiro atoms. The number of carboxylic acid groups (broad SMARTS) is 1. The standard InChI is InChI=1S/C13H17NO2/c1-2-14-8-7-11-5-3-10(9-12(11)14)4-6-13(15)16/h3,5,9H,2,4,6-8H2,1H3,(H,15,16). The first-order chi connectivity index (χ1) is 7.70. The highest BCUT2D eigenvalue weighted by atomic mass is 16.4. The number of hydrogen-bond acceptors (Lipinski definition) is 2. The summed E-state index contributed by atoms with van der Waals surface area (Å²) < 4.78 is 0. The van der Waals surface area contributed by atoms with Gasteiger partial charge in [-0.25, -0.2) is 0 Å². The molecule has 0 fully saturated rings. The molecule has 0 bridgehead atoms. The average molecular weight is 219 g/mol. The third-order valence-electron chi connectivity index (χ3n) is 3.15. The summed E-state index contributed by atoms with van der Waals surface area (Å²) in [5, 5.41) is 8.66. The molecule has 1 N–H and O–H groups in total. The quantitative estimate of drug-likeness (QED) is 0.843. The minimum Gasteiger partial charge on any atom is -0.481 e. The summed E-state index contributed by atoms with van der Waals surface area (Å²) >= 11 is 0. The van der Waals surface area contributed by atoms with Crippen LogP contribution in [-0.2, 0) is 17.6 Å². The third-order valence-corrected chi connectivity index (χ3v) is 3.15. The molecule has 86 valence electrons. The second kappa shape index (κ2) is 4.56. The van der Waals surface area contributed by atoms with Gasteiger partial charge in [0.25, 0.3) is 0 Å². The van der Waals surface area contributed by atoms with E-state index in [0.29, 0.717) is 6.42 Å². The maximum absolute atomic E-state index is 10.5. The molecule has 0 amide bonds. The lowest BCUT2D eigenvalue weighted by Crippen LogP contribution is -2.19. The Labute approximate surface area is 95.7 Å². The number of anilines is 1. The molecular weight excluding hydrogens is 202 g/mol. The summed E-state index contributed by atoms with van der Waals surface area (Å²) in [5.41, 5.74) is 3.81. The second-order valence-corrected chi connectivity index (χ2v) is 4.19. The summed E-state index contributed by atoms with van der Waals surface area (Å²) in [6.07, 6.45) is 1.95. The van der Waals surface area contributed by atoms with Gasteiger partial charge in [-0.1, -0.05) is 12.1 Å². The van der Waals surface area contributed by atoms with E-state index in [1.165, 1.54) is 11.3 Å². The van der Waals surface area contributed by atoms with E-state index in [9.17, 15) is 4.79 Å². The minimum absolute atomic E-state index is 0.213. The van der Waals surface area contributed by atoms with Crippen molar-refractivity contribution in [3.63, 3.8) is 0 Å². The van der Waals surface area contributed by atoms with Gasteiger partial charge in [0.05, 0.1) is 0 Å². The Morgan fingerprint density at radius 3 is 3.00 bits per heavy atom. The van der Waals surface area contributed by atoms with Crippen molar-refractivity contribution < 1.29 is 9.90 Å². The molecule has 1 heterocycles. The van der Waals surface area contributed by atoms with Gasteiger partial charge in [0.15, 0.2) is 0 Å². The molecule has 0 unspecified atom stereocenters. The van der Waals surface area contributed by atoms with Crippen molar-refractivity contribution in [3.05, 3.63) is 29.3 Å². The van der Waals surface area contributed by atoms with Crippen molar-refractivity contribution in [1.82, 2.24) is 0 Å². The molecule has 1 aliphatic rings. The number of aliphatic carboxylic acids is 1. The number of hydrogen-bond donors (Lipinski definition) is 1. The Balaban J connectivity index is 2.15. The van der Waals surface area contributed by atoms with Crippen LogP contribution in [0.25, 0.3) is 0 Å². The molecule has 1 aromatic rings. The lowest BCUT2D eigenvalue weighted by atomic mass is 10.1. The van der Waals surface area contributed by atoms with Crippen LogP contribution < -0.4 is 4.90 Å². The molecule has 1 aliphatic heterocycles. The lowest BCUT2D eigenvalue weighted by molar-refractivity contribution is -0.136. The van der Waals surface area contributed by atoms with Gasteiger partial charge in [-0.05, 0) is 37.0 Å². The van der Waals surface area contributed by atoms with Crippen molar-refractivity contribution in [3.8, 4) is 0 Å². The summed E-state index contributed by atoms with van der Waals surface area (Å²) in [6.45, 7) is 4.27. The first kappa shape index (κ1) is 11.0. The zero-order valence-corrected chi connectivity index (χ0v) is 9.57. The normalized spacial score (nSPS) is 13.9. The molecule has 0 saturated carbocycles. The van der Waals surface area contributed by atoms with Gasteiger partial charge in [-0.2, -0.15) is 0 Å². The summed E-state index contributed by atoms with van der Waals surface area (Å²) in [7, 11) is 0. The van der Waals surface area contributed by atoms with Crippen molar-refractivity contribution in [2.75, 3.05) is 18.0 Å². The molecule has 0 aliphatic carbocycles. The van der Waals surface area contributed by atoms with Crippen LogP contribution in [0.1, 0.15) is 24.5 Å². The van der Waals surface area contributed by atoms with Gasteiger partial charge < -0.3 is 10.0 Å². The molecule has 0 saturated heterocycles. The van der Waals surface area contributed by atoms with E-state index in [1.54, 1.807) is 0 Å². The summed E-state index contributed by atoms with van der Waals surface area (Å²) in [5.74, 6) is -0.729. The summed E-state index contributed by atoms with van der Waals surface area (Å²) in [4.78, 5) is 12.9. The van der Waals surface area contributed by atoms with Crippen molar-refractivity contribution in [2.24, 2.45) is 0 Å². The van der Waals surface area contributed by atoms with Crippen LogP contribution in [-0.4, -0.2) is 24.2 Å². The van der Waals surface area contributed by atoms with Crippen LogP contribution in [0.2, 0.25) is 0 Å². The predicted octanol–water partition coefficient (Wildman–Crippen LogP) is 2.09. The first-order valence-corrected chi connectivity index (χ1v) is 5.79. The van der Waals surface area contributed by atoms with Crippen molar-refractivity contribution in [1.29, 1.82) is 0 Å². The van der Waals surface area contributed by atoms with Crippen LogP contribution in [0.3, 0.4) is 0 Å². The Bertz CT molecular complexity index is 401. The lowest BCUT2D eigenvalue weighted by Gasteiger charge is -2.17. The van der Waals surface area contributed by atoms with Gasteiger partial charge >= 0.3 is 5.97 Å². The van der Waals surface area contributed by atoms with Crippen LogP contribution in [0.4, 0.5) is 5.69 Å². The van der Waals surface area contributed by atoms with Gasteiger partial charge in [0.1, 0.15) is 0 Å². The van der Waals surface area contributed by atoms with E-state index in [4.69, 9.17) is 5.11 Å². The number of likely N-dealkylation sites (N-methyl/N-ethyl adjacent to an activating group) is 1. The first-order valence-electron chi connectivity index (χ1n) is 5.79. The van der Waals surface area contributed by atoms with Crippen LogP contribution in [0.15, 0.2) is 18.2 Å². The molecule has 0 radical (unpaired) electrons. The van der Waals surface area contributed by atoms with Crippen LogP contribution >= 0.6 is 0 Å². The second-order valence-electron chi connectivity index (χ2n) is 4.19. The Hall–Kier alpha value is -1.51. The topological polar surface area (TPSA) is 40.5 Å². The van der Waals surface area contributed by atoms with E-state index in [1.807, 2.05) is 0 Å². The number of benzene rings is 1. The van der Waals surface area contributed by atoms with Crippen LogP contribution in [0, 0.1) is 0 Å². The summed E-state index contributed by atoms with van der Waals surface area (Å²) in [6, 6.07) is 6.35. The molecule has 0 aromatic heterocycles. The SMILES string of the molecule is CCN1CCc2ccc(CCC(=O)O)cc21. The number of rotatable bonds is 4. The smallest absolute Gasteiger partial charge is 0.303 e. The average Bonchev–Trinajstić information content (AvgIpc) is 2.68. The van der Waals surface area contributed by atoms with E-state index < -0.39 is 5.97 Å². The zero-order chi connectivity index (χ0) is 11.5. The number of fused-ring (bicyclic) bond motifs is 1. The monoisotopic (exact) mass is 219 g/mol. The van der Waals surface area contributed by atoms with Gasteiger partial charge in [-0.3, -0.25) is 4.79 Å². The highest BCUT2D eigenvalue weighted by Crippen LogP contribution is 2.28. The molecule has 3 nitrogen and oxygen atoms in total. The maximum Gasteiger partial charge on any atom is 0.303 e. The third kappa shape index (κ3) is 2.18. The van der Waals surface area contributed by atoms with E-state index in [0.717, 1.165) is 25.1 Å². The highest BCUT2D eigenvalue weighted by molar-refractivity contribution is 5.67. The maximum atomic E-state index is 10.5. The molecule has 16 heavy (non-hydrogen) atoms. The largest absolute Gasteiger partial charge is 0.481 e. The molecular formula is C13H17NO2. The Morgan fingerprint density at radius 2 is 2.31 bits per heavy atom. The number of carboxylic acids is 1.